The van der Waals surface area contributed by atoms with Crippen LogP contribution in [0.5, 0.6) is 0 Å². The molecule has 1 aromatic heterocycles. The van der Waals surface area contributed by atoms with Gasteiger partial charge in [-0.25, -0.2) is 0 Å². The third kappa shape index (κ3) is 4.07. The van der Waals surface area contributed by atoms with Gasteiger partial charge in [0.1, 0.15) is 5.76 Å². The van der Waals surface area contributed by atoms with Crippen molar-refractivity contribution in [3.8, 4) is 0 Å². The molecule has 0 spiro atoms. The van der Waals surface area contributed by atoms with Crippen LogP contribution >= 0.6 is 11.8 Å². The van der Waals surface area contributed by atoms with Gasteiger partial charge in [0.2, 0.25) is 0 Å². The summed E-state index contributed by atoms with van der Waals surface area (Å²) in [6, 6.07) is 4.00. The Morgan fingerprint density at radius 3 is 2.86 bits per heavy atom. The summed E-state index contributed by atoms with van der Waals surface area (Å²) in [7, 11) is 4.06. The molecule has 1 N–H and O–H groups in total. The summed E-state index contributed by atoms with van der Waals surface area (Å²) in [4.78, 5) is 2.09. The highest BCUT2D eigenvalue weighted by Crippen LogP contribution is 2.14. The monoisotopic (exact) mass is 214 g/mol. The van der Waals surface area contributed by atoms with Gasteiger partial charge in [-0.3, -0.25) is 0 Å². The lowest BCUT2D eigenvalue weighted by Crippen LogP contribution is -2.09. The number of nitrogens with zero attached hydrogens (tertiary/aromatic N) is 1. The summed E-state index contributed by atoms with van der Waals surface area (Å²) in [6.07, 6.45) is 2.10. The van der Waals surface area contributed by atoms with Crippen molar-refractivity contribution in [3.05, 3.63) is 17.9 Å². The van der Waals surface area contributed by atoms with Crippen LogP contribution in [-0.4, -0.2) is 37.5 Å². The van der Waals surface area contributed by atoms with Gasteiger partial charge in [-0.1, -0.05) is 0 Å². The lowest BCUT2D eigenvalue weighted by atomic mass is 10.4. The largest absolute Gasteiger partial charge is 0.444 e. The van der Waals surface area contributed by atoms with Crippen molar-refractivity contribution < 1.29 is 4.42 Å². The smallest absolute Gasteiger partial charge is 0.193 e. The van der Waals surface area contributed by atoms with E-state index in [1.165, 1.54) is 0 Å². The first-order chi connectivity index (χ1) is 6.72. The van der Waals surface area contributed by atoms with Gasteiger partial charge in [-0.15, -0.1) is 0 Å². The zero-order valence-corrected chi connectivity index (χ0v) is 9.86. The van der Waals surface area contributed by atoms with Gasteiger partial charge < -0.3 is 14.6 Å². The second-order valence-electron chi connectivity index (χ2n) is 3.42. The molecule has 3 nitrogen and oxygen atoms in total. The van der Waals surface area contributed by atoms with E-state index < -0.39 is 0 Å². The van der Waals surface area contributed by atoms with Crippen molar-refractivity contribution in [2.75, 3.05) is 38.0 Å². The molecule has 0 radical (unpaired) electrons. The summed E-state index contributed by atoms with van der Waals surface area (Å²) in [5.41, 5.74) is 0. The molecule has 0 aliphatic rings. The Morgan fingerprint density at radius 2 is 2.21 bits per heavy atom. The van der Waals surface area contributed by atoms with Crippen LogP contribution in [0.15, 0.2) is 16.5 Å². The van der Waals surface area contributed by atoms with Crippen LogP contribution in [0, 0.1) is 0 Å². The van der Waals surface area contributed by atoms with Gasteiger partial charge in [0.05, 0.1) is 6.54 Å². The molecule has 0 bridgehead atoms. The molecule has 0 aliphatic heterocycles. The standard InChI is InChI=1S/C10H18N2OS/c1-12(2)8-9-4-5-10(13-9)11-6-7-14-3/h4-5,11H,6-8H2,1-3H3. The molecule has 1 heterocycles. The molecular weight excluding hydrogens is 196 g/mol. The zero-order chi connectivity index (χ0) is 10.4. The molecule has 80 valence electrons. The van der Waals surface area contributed by atoms with Crippen molar-refractivity contribution >= 4 is 17.6 Å². The van der Waals surface area contributed by atoms with Gasteiger partial charge in [0.25, 0.3) is 0 Å². The molecule has 4 heteroatoms. The average Bonchev–Trinajstić information content (AvgIpc) is 2.52. The van der Waals surface area contributed by atoms with E-state index in [9.17, 15) is 0 Å². The molecule has 1 aromatic rings. The molecule has 0 aliphatic carbocycles. The number of hydrogen-bond donors (Lipinski definition) is 1. The van der Waals surface area contributed by atoms with E-state index in [4.69, 9.17) is 4.42 Å². The van der Waals surface area contributed by atoms with Crippen LogP contribution in [-0.2, 0) is 6.54 Å². The van der Waals surface area contributed by atoms with Crippen molar-refractivity contribution in [2.45, 2.75) is 6.54 Å². The highest BCUT2D eigenvalue weighted by Gasteiger charge is 2.01. The van der Waals surface area contributed by atoms with E-state index in [-0.39, 0.29) is 0 Å². The van der Waals surface area contributed by atoms with Gasteiger partial charge >= 0.3 is 0 Å². The summed E-state index contributed by atoms with van der Waals surface area (Å²) in [6.45, 7) is 1.81. The second-order valence-corrected chi connectivity index (χ2v) is 4.41. The topological polar surface area (TPSA) is 28.4 Å². The van der Waals surface area contributed by atoms with Crippen molar-refractivity contribution in [3.63, 3.8) is 0 Å². The lowest BCUT2D eigenvalue weighted by Gasteiger charge is -2.06. The number of rotatable bonds is 6. The van der Waals surface area contributed by atoms with Crippen molar-refractivity contribution in [1.82, 2.24) is 4.90 Å². The van der Waals surface area contributed by atoms with Crippen LogP contribution in [0.1, 0.15) is 5.76 Å². The molecule has 0 unspecified atom stereocenters. The maximum atomic E-state index is 5.58. The van der Waals surface area contributed by atoms with E-state index in [1.54, 1.807) is 0 Å². The predicted octanol–water partition coefficient (Wildman–Crippen LogP) is 2.12. The van der Waals surface area contributed by atoms with Gasteiger partial charge in [0, 0.05) is 18.4 Å². The molecular formula is C10H18N2OS. The first-order valence-corrected chi connectivity index (χ1v) is 6.08. The minimum Gasteiger partial charge on any atom is -0.444 e. The predicted molar refractivity (Wildman–Crippen MR) is 63.0 cm³/mol. The third-order valence-electron chi connectivity index (χ3n) is 1.74. The SMILES string of the molecule is CSCCNc1ccc(CN(C)C)o1. The number of furan rings is 1. The fourth-order valence-corrected chi connectivity index (χ4v) is 1.45. The Morgan fingerprint density at radius 1 is 1.43 bits per heavy atom. The lowest BCUT2D eigenvalue weighted by molar-refractivity contribution is 0.354. The van der Waals surface area contributed by atoms with Gasteiger partial charge in [-0.2, -0.15) is 11.8 Å². The summed E-state index contributed by atoms with van der Waals surface area (Å²) in [5, 5.41) is 3.23. The fraction of sp³-hybridized carbons (Fsp3) is 0.600. The minimum absolute atomic E-state index is 0.851. The molecule has 0 fully saturated rings. The first kappa shape index (κ1) is 11.5. The van der Waals surface area contributed by atoms with Crippen molar-refractivity contribution in [2.24, 2.45) is 0 Å². The van der Waals surface area contributed by atoms with Crippen LogP contribution in [0.3, 0.4) is 0 Å². The van der Waals surface area contributed by atoms with E-state index in [0.29, 0.717) is 0 Å². The molecule has 14 heavy (non-hydrogen) atoms. The van der Waals surface area contributed by atoms with E-state index in [0.717, 1.165) is 30.5 Å². The van der Waals surface area contributed by atoms with E-state index >= 15 is 0 Å². The summed E-state index contributed by atoms with van der Waals surface area (Å²) in [5.74, 6) is 2.97. The fourth-order valence-electron chi connectivity index (χ4n) is 1.15. The molecule has 0 aromatic carbocycles. The zero-order valence-electron chi connectivity index (χ0n) is 9.04. The van der Waals surface area contributed by atoms with Crippen molar-refractivity contribution in [1.29, 1.82) is 0 Å². The maximum Gasteiger partial charge on any atom is 0.193 e. The van der Waals surface area contributed by atoms with Gasteiger partial charge in [-0.05, 0) is 26.4 Å². The van der Waals surface area contributed by atoms with Crippen LogP contribution in [0.2, 0.25) is 0 Å². The molecule has 0 saturated carbocycles. The number of thioether (sulfide) groups is 1. The van der Waals surface area contributed by atoms with E-state index in [1.807, 2.05) is 38.0 Å². The quantitative estimate of drug-likeness (QED) is 0.734. The number of hydrogen-bond acceptors (Lipinski definition) is 4. The Bertz CT molecular complexity index is 260. The minimum atomic E-state index is 0.851. The Hall–Kier alpha value is -0.610. The number of nitrogens with one attached hydrogen (secondary N) is 1. The number of anilines is 1. The molecule has 0 amide bonds. The van der Waals surface area contributed by atoms with Crippen LogP contribution < -0.4 is 5.32 Å². The molecule has 1 rings (SSSR count). The van der Waals surface area contributed by atoms with Crippen LogP contribution in [0.4, 0.5) is 5.88 Å². The Kier molecular flexibility index (Phi) is 4.90. The summed E-state index contributed by atoms with van der Waals surface area (Å²) < 4.78 is 5.58. The van der Waals surface area contributed by atoms with E-state index in [2.05, 4.69) is 16.5 Å². The summed E-state index contributed by atoms with van der Waals surface area (Å²) >= 11 is 1.83. The maximum absolute atomic E-state index is 5.58. The Labute approximate surface area is 89.8 Å². The Balaban J connectivity index is 2.35. The van der Waals surface area contributed by atoms with Gasteiger partial charge in [0.15, 0.2) is 5.88 Å². The second kappa shape index (κ2) is 5.98. The van der Waals surface area contributed by atoms with Crippen LogP contribution in [0.25, 0.3) is 0 Å². The average molecular weight is 214 g/mol. The molecule has 0 atom stereocenters. The highest BCUT2D eigenvalue weighted by atomic mass is 32.2. The third-order valence-corrected chi connectivity index (χ3v) is 2.35. The first-order valence-electron chi connectivity index (χ1n) is 4.68. The normalized spacial score (nSPS) is 10.9. The highest BCUT2D eigenvalue weighted by molar-refractivity contribution is 7.98. The molecule has 0 saturated heterocycles.